The van der Waals surface area contributed by atoms with Gasteiger partial charge in [0.05, 0.1) is 12.4 Å². The fraction of sp³-hybridized carbons (Fsp3) is 0.375. The van der Waals surface area contributed by atoms with Crippen molar-refractivity contribution in [2.75, 3.05) is 12.4 Å². The van der Waals surface area contributed by atoms with Gasteiger partial charge >= 0.3 is 0 Å². The molecule has 0 aliphatic rings. The first-order valence-corrected chi connectivity index (χ1v) is 5.12. The second-order valence-electron chi connectivity index (χ2n) is 2.58. The van der Waals surface area contributed by atoms with Gasteiger partial charge in [-0.05, 0) is 6.42 Å². The van der Waals surface area contributed by atoms with E-state index in [-0.39, 0.29) is 12.4 Å². The van der Waals surface area contributed by atoms with Gasteiger partial charge in [-0.3, -0.25) is 5.41 Å². The molecule has 0 atom stereocenters. The molecule has 0 bridgehead atoms. The summed E-state index contributed by atoms with van der Waals surface area (Å²) in [5.74, 6) is 0.731. The molecule has 1 heterocycles. The van der Waals surface area contributed by atoms with Gasteiger partial charge in [-0.15, -0.1) is 11.8 Å². The van der Waals surface area contributed by atoms with Crippen LogP contribution in [0, 0.1) is 5.41 Å². The van der Waals surface area contributed by atoms with Crippen LogP contribution in [-0.2, 0) is 0 Å². The second kappa shape index (κ2) is 5.56. The van der Waals surface area contributed by atoms with Gasteiger partial charge in [0.15, 0.2) is 0 Å². The molecule has 1 rings (SSSR count). The number of nitrogen functional groups attached to an aromatic ring is 1. The van der Waals surface area contributed by atoms with Crippen molar-refractivity contribution in [3.63, 3.8) is 0 Å². The van der Waals surface area contributed by atoms with Crippen molar-refractivity contribution >= 4 is 17.6 Å². The van der Waals surface area contributed by atoms with E-state index in [0.717, 1.165) is 17.2 Å². The van der Waals surface area contributed by atoms with Crippen LogP contribution in [0.3, 0.4) is 0 Å². The number of nitrogens with zero attached hydrogens (tertiary/aromatic N) is 2. The first kappa shape index (κ1) is 10.9. The lowest BCUT2D eigenvalue weighted by atomic mass is 10.4. The van der Waals surface area contributed by atoms with Crippen molar-refractivity contribution in [3.8, 4) is 0 Å². The van der Waals surface area contributed by atoms with E-state index in [0.29, 0.717) is 5.69 Å². The molecule has 0 saturated carbocycles. The molecule has 0 fully saturated rings. The number of hydrogen-bond acceptors (Lipinski definition) is 5. The van der Waals surface area contributed by atoms with Crippen molar-refractivity contribution in [2.24, 2.45) is 5.73 Å². The highest BCUT2D eigenvalue weighted by Crippen LogP contribution is 2.14. The normalized spacial score (nSPS) is 10.1. The van der Waals surface area contributed by atoms with Crippen LogP contribution in [-0.4, -0.2) is 33.3 Å². The van der Waals surface area contributed by atoms with Gasteiger partial charge in [-0.1, -0.05) is 0 Å². The molecule has 0 aliphatic heterocycles. The Kier molecular flexibility index (Phi) is 4.34. The molecule has 5 nitrogen and oxygen atoms in total. The maximum absolute atomic E-state index is 8.57. The zero-order valence-corrected chi connectivity index (χ0v) is 8.42. The van der Waals surface area contributed by atoms with Crippen LogP contribution in [0.1, 0.15) is 12.1 Å². The van der Waals surface area contributed by atoms with Crippen LogP contribution in [0.2, 0.25) is 0 Å². The summed E-state index contributed by atoms with van der Waals surface area (Å²) < 4.78 is 0. The van der Waals surface area contributed by atoms with E-state index in [9.17, 15) is 0 Å². The van der Waals surface area contributed by atoms with Gasteiger partial charge in [0, 0.05) is 12.4 Å². The Morgan fingerprint density at radius 3 is 2.79 bits per heavy atom. The number of nitrogens with two attached hydrogens (primary N) is 1. The molecule has 0 aliphatic carbocycles. The number of thioether (sulfide) groups is 1. The molecule has 0 saturated heterocycles. The predicted molar refractivity (Wildman–Crippen MR) is 55.5 cm³/mol. The third kappa shape index (κ3) is 3.31. The zero-order valence-electron chi connectivity index (χ0n) is 7.60. The Labute approximate surface area is 86.3 Å². The molecule has 0 unspecified atom stereocenters. The third-order valence-corrected chi connectivity index (χ3v) is 2.46. The minimum absolute atomic E-state index is 0.0793. The molecule has 14 heavy (non-hydrogen) atoms. The van der Waals surface area contributed by atoms with Crippen LogP contribution >= 0.6 is 11.8 Å². The Balaban J connectivity index is 2.51. The summed E-state index contributed by atoms with van der Waals surface area (Å²) in [4.78, 5) is 8.03. The van der Waals surface area contributed by atoms with Crippen LogP contribution in [0.15, 0.2) is 17.4 Å². The SMILES string of the molecule is N=C(N)c1cnc(SCCCO)cn1. The summed E-state index contributed by atoms with van der Waals surface area (Å²) in [5.41, 5.74) is 5.61. The summed E-state index contributed by atoms with van der Waals surface area (Å²) in [7, 11) is 0. The van der Waals surface area contributed by atoms with E-state index in [2.05, 4.69) is 9.97 Å². The molecule has 0 radical (unpaired) electrons. The molecular formula is C8H12N4OS. The molecule has 6 heteroatoms. The number of rotatable bonds is 5. The van der Waals surface area contributed by atoms with E-state index in [1.807, 2.05) is 0 Å². The number of aromatic nitrogens is 2. The lowest BCUT2D eigenvalue weighted by Crippen LogP contribution is -2.13. The van der Waals surface area contributed by atoms with Crippen molar-refractivity contribution in [2.45, 2.75) is 11.4 Å². The summed E-state index contributed by atoms with van der Waals surface area (Å²) in [6.45, 7) is 0.186. The highest BCUT2D eigenvalue weighted by atomic mass is 32.2. The average molecular weight is 212 g/mol. The highest BCUT2D eigenvalue weighted by molar-refractivity contribution is 7.99. The van der Waals surface area contributed by atoms with E-state index in [1.54, 1.807) is 6.20 Å². The lowest BCUT2D eigenvalue weighted by molar-refractivity contribution is 0.296. The number of hydrogen-bond donors (Lipinski definition) is 3. The fourth-order valence-electron chi connectivity index (χ4n) is 0.771. The summed E-state index contributed by atoms with van der Waals surface area (Å²) in [5, 5.41) is 16.5. The van der Waals surface area contributed by atoms with Crippen molar-refractivity contribution in [1.29, 1.82) is 5.41 Å². The summed E-state index contributed by atoms with van der Waals surface area (Å²) >= 11 is 1.52. The average Bonchev–Trinajstić information content (AvgIpc) is 2.19. The molecule has 0 amide bonds. The standard InChI is InChI=1S/C8H12N4OS/c9-8(10)6-4-12-7(5-11-6)14-3-1-2-13/h4-5,13H,1-3H2,(H3,9,10). The minimum atomic E-state index is -0.0793. The van der Waals surface area contributed by atoms with Crippen LogP contribution < -0.4 is 5.73 Å². The molecule has 4 N–H and O–H groups in total. The van der Waals surface area contributed by atoms with Crippen LogP contribution in [0.25, 0.3) is 0 Å². The first-order valence-electron chi connectivity index (χ1n) is 4.14. The zero-order chi connectivity index (χ0) is 10.4. The van der Waals surface area contributed by atoms with Gasteiger partial charge in [0.1, 0.15) is 16.6 Å². The van der Waals surface area contributed by atoms with Crippen LogP contribution in [0.4, 0.5) is 0 Å². The first-order chi connectivity index (χ1) is 6.74. The highest BCUT2D eigenvalue weighted by Gasteiger charge is 1.99. The monoisotopic (exact) mass is 212 g/mol. The Hall–Kier alpha value is -1.14. The number of aliphatic hydroxyl groups excluding tert-OH is 1. The Morgan fingerprint density at radius 2 is 2.29 bits per heavy atom. The largest absolute Gasteiger partial charge is 0.396 e. The maximum Gasteiger partial charge on any atom is 0.143 e. The summed E-state index contributed by atoms with van der Waals surface area (Å²) in [6, 6.07) is 0. The van der Waals surface area contributed by atoms with Gasteiger partial charge in [-0.25, -0.2) is 9.97 Å². The maximum atomic E-state index is 8.57. The van der Waals surface area contributed by atoms with Crippen molar-refractivity contribution in [3.05, 3.63) is 18.1 Å². The molecule has 0 aromatic carbocycles. The van der Waals surface area contributed by atoms with Gasteiger partial charge < -0.3 is 10.8 Å². The third-order valence-electron chi connectivity index (χ3n) is 1.46. The molecule has 0 spiro atoms. The molecule has 76 valence electrons. The van der Waals surface area contributed by atoms with Gasteiger partial charge in [-0.2, -0.15) is 0 Å². The Bertz CT molecular complexity index is 301. The molecule has 1 aromatic heterocycles. The quantitative estimate of drug-likeness (QED) is 0.281. The van der Waals surface area contributed by atoms with Crippen LogP contribution in [0.5, 0.6) is 0 Å². The van der Waals surface area contributed by atoms with E-state index < -0.39 is 0 Å². The van der Waals surface area contributed by atoms with Crippen molar-refractivity contribution < 1.29 is 5.11 Å². The van der Waals surface area contributed by atoms with Gasteiger partial charge in [0.2, 0.25) is 0 Å². The molecular weight excluding hydrogens is 200 g/mol. The van der Waals surface area contributed by atoms with E-state index in [4.69, 9.17) is 16.2 Å². The van der Waals surface area contributed by atoms with E-state index in [1.165, 1.54) is 18.0 Å². The minimum Gasteiger partial charge on any atom is -0.396 e. The fourth-order valence-corrected chi connectivity index (χ4v) is 1.51. The van der Waals surface area contributed by atoms with E-state index >= 15 is 0 Å². The summed E-state index contributed by atoms with van der Waals surface area (Å²) in [6.07, 6.45) is 3.79. The Morgan fingerprint density at radius 1 is 1.50 bits per heavy atom. The predicted octanol–water partition coefficient (Wildman–Crippen LogP) is 0.235. The second-order valence-corrected chi connectivity index (χ2v) is 3.69. The lowest BCUT2D eigenvalue weighted by Gasteiger charge is -2.00. The number of amidine groups is 1. The smallest absolute Gasteiger partial charge is 0.143 e. The van der Waals surface area contributed by atoms with Gasteiger partial charge in [0.25, 0.3) is 0 Å². The molecule has 1 aromatic rings. The number of aliphatic hydroxyl groups is 1. The van der Waals surface area contributed by atoms with Crippen molar-refractivity contribution in [1.82, 2.24) is 9.97 Å². The topological polar surface area (TPSA) is 95.9 Å². The number of nitrogens with one attached hydrogen (secondary N) is 1.